The van der Waals surface area contributed by atoms with Crippen LogP contribution in [0.5, 0.6) is 0 Å². The van der Waals surface area contributed by atoms with Crippen molar-refractivity contribution in [3.05, 3.63) is 12.2 Å². The fourth-order valence-electron chi connectivity index (χ4n) is 3.09. The average molecular weight is 221 g/mol. The number of allylic oxidation sites excluding steroid dienone is 2. The second-order valence-corrected chi connectivity index (χ2v) is 4.55. The number of rotatable bonds is 1. The minimum absolute atomic E-state index is 0.145. The number of imide groups is 1. The van der Waals surface area contributed by atoms with Crippen LogP contribution in [-0.4, -0.2) is 22.8 Å². The van der Waals surface area contributed by atoms with Crippen LogP contribution in [0.4, 0.5) is 0 Å². The van der Waals surface area contributed by atoms with E-state index < -0.39 is 5.97 Å². The molecule has 4 atom stereocenters. The molecule has 0 aromatic rings. The standard InChI is InChI=1S/C11H11NO4/c1-5(13)16-12-10(14)8-6-2-3-7(4-6)9(8)11(12)15/h2-3,6-9H,4H2,1H3/t6-,7+,8-,9+. The summed E-state index contributed by atoms with van der Waals surface area (Å²) in [6.45, 7) is 1.18. The predicted molar refractivity (Wildman–Crippen MR) is 51.3 cm³/mol. The quantitative estimate of drug-likeness (QED) is 0.471. The Hall–Kier alpha value is -1.65. The van der Waals surface area contributed by atoms with Crippen molar-refractivity contribution in [2.45, 2.75) is 13.3 Å². The van der Waals surface area contributed by atoms with Gasteiger partial charge in [0.05, 0.1) is 11.8 Å². The second-order valence-electron chi connectivity index (χ2n) is 4.55. The molecule has 0 radical (unpaired) electrons. The first kappa shape index (κ1) is 9.57. The molecular formula is C11H11NO4. The van der Waals surface area contributed by atoms with E-state index >= 15 is 0 Å². The van der Waals surface area contributed by atoms with Gasteiger partial charge >= 0.3 is 5.97 Å². The molecule has 0 aromatic carbocycles. The van der Waals surface area contributed by atoms with E-state index in [1.54, 1.807) is 0 Å². The molecule has 1 saturated heterocycles. The third kappa shape index (κ3) is 1.03. The number of carbonyl (C=O) groups is 3. The normalized spacial score (nSPS) is 39.4. The molecule has 3 aliphatic rings. The molecule has 0 N–H and O–H groups in total. The van der Waals surface area contributed by atoms with Crippen LogP contribution in [0.15, 0.2) is 12.2 Å². The molecule has 0 spiro atoms. The summed E-state index contributed by atoms with van der Waals surface area (Å²) in [6.07, 6.45) is 4.86. The lowest BCUT2D eigenvalue weighted by Gasteiger charge is -2.14. The SMILES string of the molecule is CC(=O)ON1C(=O)[C@@H]2[C@H](C1=O)[C@@H]1C=C[C@H]2C1. The maximum absolute atomic E-state index is 11.9. The van der Waals surface area contributed by atoms with Crippen molar-refractivity contribution in [1.82, 2.24) is 5.06 Å². The summed E-state index contributed by atoms with van der Waals surface area (Å²) >= 11 is 0. The zero-order chi connectivity index (χ0) is 11.4. The third-order valence-corrected chi connectivity index (χ3v) is 3.65. The topological polar surface area (TPSA) is 63.7 Å². The minimum Gasteiger partial charge on any atom is -0.331 e. The summed E-state index contributed by atoms with van der Waals surface area (Å²) in [5, 5.41) is 0.657. The van der Waals surface area contributed by atoms with Crippen LogP contribution in [0.25, 0.3) is 0 Å². The molecule has 1 aliphatic heterocycles. The van der Waals surface area contributed by atoms with Crippen molar-refractivity contribution < 1.29 is 19.2 Å². The van der Waals surface area contributed by atoms with Crippen LogP contribution < -0.4 is 0 Å². The second kappa shape index (κ2) is 2.93. The van der Waals surface area contributed by atoms with Gasteiger partial charge in [0, 0.05) is 6.92 Å². The van der Waals surface area contributed by atoms with Crippen molar-refractivity contribution in [2.75, 3.05) is 0 Å². The van der Waals surface area contributed by atoms with Crippen molar-refractivity contribution in [3.8, 4) is 0 Å². The largest absolute Gasteiger partial charge is 0.331 e. The highest BCUT2D eigenvalue weighted by atomic mass is 16.7. The lowest BCUT2D eigenvalue weighted by molar-refractivity contribution is -0.197. The minimum atomic E-state index is -0.637. The van der Waals surface area contributed by atoms with E-state index in [2.05, 4.69) is 4.84 Å². The zero-order valence-corrected chi connectivity index (χ0v) is 8.75. The van der Waals surface area contributed by atoms with Gasteiger partial charge in [0.1, 0.15) is 0 Å². The average Bonchev–Trinajstić information content (AvgIpc) is 2.87. The van der Waals surface area contributed by atoms with Gasteiger partial charge in [0.2, 0.25) is 0 Å². The van der Waals surface area contributed by atoms with Crippen LogP contribution >= 0.6 is 0 Å². The predicted octanol–water partition coefficient (Wildman–Crippen LogP) is 0.272. The molecular weight excluding hydrogens is 210 g/mol. The van der Waals surface area contributed by atoms with E-state index in [9.17, 15) is 14.4 Å². The highest BCUT2D eigenvalue weighted by molar-refractivity contribution is 6.06. The summed E-state index contributed by atoms with van der Waals surface area (Å²) in [6, 6.07) is 0. The molecule has 5 nitrogen and oxygen atoms in total. The Labute approximate surface area is 92.0 Å². The third-order valence-electron chi connectivity index (χ3n) is 3.65. The molecule has 0 unspecified atom stereocenters. The highest BCUT2D eigenvalue weighted by Gasteiger charge is 2.60. The summed E-state index contributed by atoms with van der Waals surface area (Å²) < 4.78 is 0. The first-order valence-corrected chi connectivity index (χ1v) is 5.34. The van der Waals surface area contributed by atoms with Crippen molar-refractivity contribution >= 4 is 17.8 Å². The lowest BCUT2D eigenvalue weighted by Crippen LogP contribution is -2.34. The van der Waals surface area contributed by atoms with Gasteiger partial charge in [-0.05, 0) is 18.3 Å². The Balaban J connectivity index is 1.91. The highest BCUT2D eigenvalue weighted by Crippen LogP contribution is 2.52. The van der Waals surface area contributed by atoms with Crippen molar-refractivity contribution in [1.29, 1.82) is 0 Å². The molecule has 84 valence electrons. The number of hydrogen-bond donors (Lipinski definition) is 0. The molecule has 2 bridgehead atoms. The van der Waals surface area contributed by atoms with Crippen LogP contribution in [0.1, 0.15) is 13.3 Å². The van der Waals surface area contributed by atoms with Gasteiger partial charge in [-0.25, -0.2) is 4.79 Å². The summed E-state index contributed by atoms with van der Waals surface area (Å²) in [5.74, 6) is -1.67. The monoisotopic (exact) mass is 221 g/mol. The van der Waals surface area contributed by atoms with Gasteiger partial charge in [-0.15, -0.1) is 5.06 Å². The van der Waals surface area contributed by atoms with Gasteiger partial charge in [0.15, 0.2) is 0 Å². The fraction of sp³-hybridized carbons (Fsp3) is 0.545. The molecule has 2 amide bonds. The maximum atomic E-state index is 11.9. The number of carbonyl (C=O) groups excluding carboxylic acids is 3. The van der Waals surface area contributed by atoms with Gasteiger partial charge in [-0.1, -0.05) is 12.2 Å². The van der Waals surface area contributed by atoms with Crippen LogP contribution in [0.3, 0.4) is 0 Å². The molecule has 3 rings (SSSR count). The molecule has 5 heteroatoms. The Morgan fingerprint density at radius 3 is 2.19 bits per heavy atom. The maximum Gasteiger partial charge on any atom is 0.330 e. The summed E-state index contributed by atoms with van der Waals surface area (Å²) in [5.41, 5.74) is 0. The molecule has 1 heterocycles. The van der Waals surface area contributed by atoms with Crippen LogP contribution in [0, 0.1) is 23.7 Å². The Morgan fingerprint density at radius 1 is 1.25 bits per heavy atom. The van der Waals surface area contributed by atoms with E-state index in [0.29, 0.717) is 5.06 Å². The number of hydroxylamine groups is 2. The fourth-order valence-corrected chi connectivity index (χ4v) is 3.09. The van der Waals surface area contributed by atoms with Gasteiger partial charge < -0.3 is 4.84 Å². The summed E-state index contributed by atoms with van der Waals surface area (Å²) in [7, 11) is 0. The van der Waals surface area contributed by atoms with E-state index in [4.69, 9.17) is 0 Å². The number of fused-ring (bicyclic) bond motifs is 5. The Morgan fingerprint density at radius 2 is 1.75 bits per heavy atom. The van der Waals surface area contributed by atoms with E-state index in [-0.39, 0.29) is 35.5 Å². The van der Waals surface area contributed by atoms with E-state index in [0.717, 1.165) is 6.42 Å². The lowest BCUT2D eigenvalue weighted by atomic mass is 9.85. The van der Waals surface area contributed by atoms with Gasteiger partial charge in [-0.3, -0.25) is 9.59 Å². The zero-order valence-electron chi connectivity index (χ0n) is 8.75. The molecule has 0 aromatic heterocycles. The van der Waals surface area contributed by atoms with Crippen molar-refractivity contribution in [2.24, 2.45) is 23.7 Å². The Bertz CT molecular complexity index is 398. The van der Waals surface area contributed by atoms with E-state index in [1.807, 2.05) is 12.2 Å². The number of hydrogen-bond acceptors (Lipinski definition) is 4. The molecule has 2 fully saturated rings. The van der Waals surface area contributed by atoms with Crippen LogP contribution in [-0.2, 0) is 19.2 Å². The first-order valence-electron chi connectivity index (χ1n) is 5.34. The van der Waals surface area contributed by atoms with E-state index in [1.165, 1.54) is 6.92 Å². The smallest absolute Gasteiger partial charge is 0.330 e. The number of nitrogens with zero attached hydrogens (tertiary/aromatic N) is 1. The van der Waals surface area contributed by atoms with Crippen LogP contribution in [0.2, 0.25) is 0 Å². The van der Waals surface area contributed by atoms with Gasteiger partial charge in [-0.2, -0.15) is 0 Å². The first-order chi connectivity index (χ1) is 7.59. The summed E-state index contributed by atoms with van der Waals surface area (Å²) in [4.78, 5) is 39.3. The molecule has 16 heavy (non-hydrogen) atoms. The number of amides is 2. The molecule has 2 aliphatic carbocycles. The Kier molecular flexibility index (Phi) is 1.75. The van der Waals surface area contributed by atoms with Gasteiger partial charge in [0.25, 0.3) is 11.8 Å². The van der Waals surface area contributed by atoms with Crippen molar-refractivity contribution in [3.63, 3.8) is 0 Å². The molecule has 1 saturated carbocycles.